The number of rotatable bonds is 17. The van der Waals surface area contributed by atoms with E-state index in [1.54, 1.807) is 0 Å². The highest BCUT2D eigenvalue weighted by Crippen LogP contribution is 2.48. The lowest BCUT2D eigenvalue weighted by Crippen LogP contribution is -2.25. The number of aromatic amines is 3. The molecule has 3 aromatic heterocycles. The van der Waals surface area contributed by atoms with Crippen molar-refractivity contribution in [1.82, 2.24) is 20.3 Å². The Labute approximate surface area is 357 Å². The van der Waals surface area contributed by atoms with E-state index in [-0.39, 0.29) is 36.6 Å². The molecule has 2 aliphatic heterocycles. The predicted octanol–water partition coefficient (Wildman–Crippen LogP) is 9.66. The predicted molar refractivity (Wildman–Crippen MR) is 243 cm³/mol. The summed E-state index contributed by atoms with van der Waals surface area (Å²) in [5, 5.41) is 5.65. The molecule has 4 N–H and O–H groups in total. The van der Waals surface area contributed by atoms with E-state index in [1.165, 1.54) is 50.4 Å². The van der Waals surface area contributed by atoms with Crippen LogP contribution in [0.1, 0.15) is 160 Å². The standard InChI is InChI=1S/C51H68N4O5/c1-12-28(4)17-15-18-29(5)19-16-20-30(6)23-24-60-44(56)22-21-37-33(9)40-25-38-31(7)35(13-2)42(52-38)26-39-32(8)36(14-3)43(53-39)27-41-34(10)45-49(55-41)46(48(37)54-40)47(50(45)57)51(58)59-11/h13,23,25-29,33,37,47,52-55H,2,12,14-22,24H2,1,3-11H3/b30-23+,39-26-,40-25-,43-27-,48-46-. The Morgan fingerprint density at radius 2 is 1.58 bits per heavy atom. The van der Waals surface area contributed by atoms with Gasteiger partial charge in [-0.3, -0.25) is 14.4 Å². The monoisotopic (exact) mass is 817 g/mol. The Hall–Kier alpha value is -5.05. The summed E-state index contributed by atoms with van der Waals surface area (Å²) in [6.45, 7) is 23.9. The van der Waals surface area contributed by atoms with Crippen LogP contribution in [0.25, 0.3) is 29.9 Å². The maximum atomic E-state index is 14.4. The van der Waals surface area contributed by atoms with E-state index in [1.807, 2.05) is 19.1 Å². The van der Waals surface area contributed by atoms with E-state index < -0.39 is 11.9 Å². The molecule has 6 rings (SSSR count). The largest absolute Gasteiger partial charge is 0.468 e. The van der Waals surface area contributed by atoms with Gasteiger partial charge in [0.15, 0.2) is 5.78 Å². The summed E-state index contributed by atoms with van der Waals surface area (Å²) in [4.78, 5) is 52.2. The molecule has 8 bridgehead atoms. The summed E-state index contributed by atoms with van der Waals surface area (Å²) in [6.07, 6.45) is 20.2. The highest BCUT2D eigenvalue weighted by molar-refractivity contribution is 6.24. The van der Waals surface area contributed by atoms with Gasteiger partial charge in [0.25, 0.3) is 0 Å². The van der Waals surface area contributed by atoms with Gasteiger partial charge in [-0.25, -0.2) is 0 Å². The molecule has 60 heavy (non-hydrogen) atoms. The van der Waals surface area contributed by atoms with E-state index >= 15 is 0 Å². The minimum absolute atomic E-state index is 0.0858. The lowest BCUT2D eigenvalue weighted by Gasteiger charge is -2.19. The van der Waals surface area contributed by atoms with Gasteiger partial charge in [-0.15, -0.1) is 0 Å². The smallest absolute Gasteiger partial charge is 0.321 e. The van der Waals surface area contributed by atoms with Crippen LogP contribution in [0, 0.1) is 50.4 Å². The molecule has 0 saturated carbocycles. The molecule has 3 aromatic rings. The Morgan fingerprint density at radius 3 is 2.28 bits per heavy atom. The topological polar surface area (TPSA) is 129 Å². The first kappa shape index (κ1) is 44.5. The molecule has 0 aromatic carbocycles. The van der Waals surface area contributed by atoms with E-state index in [0.29, 0.717) is 23.3 Å². The number of carbonyl (C=O) groups excluding carboxylic acids is 3. The summed E-state index contributed by atoms with van der Waals surface area (Å²) in [6, 6.07) is 0. The van der Waals surface area contributed by atoms with Gasteiger partial charge in [0, 0.05) is 74.1 Å². The van der Waals surface area contributed by atoms with Crippen molar-refractivity contribution in [2.75, 3.05) is 13.7 Å². The molecule has 1 saturated heterocycles. The van der Waals surface area contributed by atoms with E-state index in [2.05, 4.69) is 100 Å². The minimum atomic E-state index is -1.14. The normalized spacial score (nSPS) is 22.6. The van der Waals surface area contributed by atoms with Gasteiger partial charge in [0.2, 0.25) is 0 Å². The van der Waals surface area contributed by atoms with Crippen molar-refractivity contribution in [2.24, 2.45) is 29.6 Å². The molecule has 5 unspecified atom stereocenters. The van der Waals surface area contributed by atoms with E-state index in [0.717, 1.165) is 92.5 Å². The fourth-order valence-corrected chi connectivity index (χ4v) is 9.62. The summed E-state index contributed by atoms with van der Waals surface area (Å²) in [7, 11) is 1.32. The van der Waals surface area contributed by atoms with Gasteiger partial charge in [0.05, 0.1) is 12.8 Å². The molecule has 322 valence electrons. The van der Waals surface area contributed by atoms with Gasteiger partial charge >= 0.3 is 11.9 Å². The highest BCUT2D eigenvalue weighted by atomic mass is 16.5. The zero-order valence-electron chi connectivity index (χ0n) is 37.8. The number of nitrogens with one attached hydrogen (secondary N) is 4. The molecule has 0 spiro atoms. The summed E-state index contributed by atoms with van der Waals surface area (Å²) < 4.78 is 11.1. The number of methoxy groups -OCH3 is 1. The third-order valence-corrected chi connectivity index (χ3v) is 13.8. The van der Waals surface area contributed by atoms with Crippen LogP contribution in [0.5, 0.6) is 0 Å². The number of Topliss-reactive ketones (excluding diaryl/α,β-unsaturated/α-hetero) is 1. The molecule has 1 aliphatic carbocycles. The SMILES string of the molecule is C=Cc1c2[nH]c(c1C)/C=C1\N/C(=C3\c4[nH]c(c(C)c4C(=O)C3C(=O)OC)/C=c3\[nH]/c(c(C)c3CC)=C\2)C(CCC(=O)OC/C=C(\C)CCCC(C)CCCC(C)CC)C1C. The molecule has 0 amide bonds. The molecular formula is C51H68N4O5. The lowest BCUT2D eigenvalue weighted by molar-refractivity contribution is -0.143. The van der Waals surface area contributed by atoms with Crippen molar-refractivity contribution in [3.05, 3.63) is 96.5 Å². The average molecular weight is 817 g/mol. The van der Waals surface area contributed by atoms with Crippen molar-refractivity contribution >= 4 is 47.6 Å². The number of esters is 2. The van der Waals surface area contributed by atoms with Crippen LogP contribution < -0.4 is 16.0 Å². The van der Waals surface area contributed by atoms with Crippen LogP contribution in [0.3, 0.4) is 0 Å². The Kier molecular flexibility index (Phi) is 14.2. The third-order valence-electron chi connectivity index (χ3n) is 13.8. The highest BCUT2D eigenvalue weighted by Gasteiger charge is 2.48. The number of carbonyl (C=O) groups is 3. The molecule has 5 atom stereocenters. The molecule has 5 heterocycles. The molecular weight excluding hydrogens is 749 g/mol. The second-order valence-corrected chi connectivity index (χ2v) is 17.8. The summed E-state index contributed by atoms with van der Waals surface area (Å²) >= 11 is 0. The van der Waals surface area contributed by atoms with Gasteiger partial charge in [-0.1, -0.05) is 85.0 Å². The van der Waals surface area contributed by atoms with Crippen LogP contribution >= 0.6 is 0 Å². The zero-order valence-corrected chi connectivity index (χ0v) is 37.8. The number of H-pyrrole nitrogens is 3. The van der Waals surface area contributed by atoms with Gasteiger partial charge in [0.1, 0.15) is 12.5 Å². The molecule has 3 aliphatic rings. The number of ether oxygens (including phenoxy) is 2. The van der Waals surface area contributed by atoms with Crippen LogP contribution in [-0.2, 0) is 25.5 Å². The van der Waals surface area contributed by atoms with Crippen molar-refractivity contribution in [2.45, 2.75) is 127 Å². The Balaban J connectivity index is 1.31. The minimum Gasteiger partial charge on any atom is -0.468 e. The number of aromatic nitrogens is 3. The second-order valence-electron chi connectivity index (χ2n) is 17.8. The van der Waals surface area contributed by atoms with Gasteiger partial charge < -0.3 is 29.7 Å². The number of allylic oxidation sites excluding steroid dienone is 3. The van der Waals surface area contributed by atoms with Crippen LogP contribution in [0.4, 0.5) is 0 Å². The summed E-state index contributed by atoms with van der Waals surface area (Å²) in [5.74, 6) is -1.08. The van der Waals surface area contributed by atoms with Gasteiger partial charge in [-0.2, -0.15) is 0 Å². The first-order valence-electron chi connectivity index (χ1n) is 22.4. The zero-order chi connectivity index (χ0) is 43.4. The first-order valence-corrected chi connectivity index (χ1v) is 22.4. The number of hydrogen-bond acceptors (Lipinski definition) is 6. The molecule has 9 nitrogen and oxygen atoms in total. The van der Waals surface area contributed by atoms with Crippen molar-refractivity contribution < 1.29 is 23.9 Å². The maximum absolute atomic E-state index is 14.4. The quantitative estimate of drug-likeness (QED) is 0.0611. The first-order chi connectivity index (χ1) is 28.7. The van der Waals surface area contributed by atoms with Crippen molar-refractivity contribution in [1.29, 1.82) is 0 Å². The maximum Gasteiger partial charge on any atom is 0.321 e. The second kappa shape index (κ2) is 19.1. The number of fused-ring (bicyclic) bond motifs is 7. The molecule has 9 heteroatoms. The van der Waals surface area contributed by atoms with Crippen LogP contribution in [0.2, 0.25) is 0 Å². The van der Waals surface area contributed by atoms with Crippen LogP contribution in [-0.4, -0.2) is 46.4 Å². The Morgan fingerprint density at radius 1 is 0.883 bits per heavy atom. The fourth-order valence-electron chi connectivity index (χ4n) is 9.62. The average Bonchev–Trinajstić information content (AvgIpc) is 3.97. The van der Waals surface area contributed by atoms with Crippen molar-refractivity contribution in [3.8, 4) is 0 Å². The van der Waals surface area contributed by atoms with Gasteiger partial charge in [-0.05, 0) is 112 Å². The summed E-state index contributed by atoms with van der Waals surface area (Å²) in [5.41, 5.74) is 12.5. The van der Waals surface area contributed by atoms with Crippen LogP contribution in [0.15, 0.2) is 29.6 Å². The lowest BCUT2D eigenvalue weighted by atomic mass is 9.85. The van der Waals surface area contributed by atoms with Crippen molar-refractivity contribution in [3.63, 3.8) is 0 Å². The van der Waals surface area contributed by atoms with E-state index in [4.69, 9.17) is 9.47 Å². The third kappa shape index (κ3) is 9.01. The Bertz CT molecular complexity index is 2360. The fraction of sp³-hybridized carbons (Fsp3) is 0.510. The number of ketones is 1. The molecule has 0 radical (unpaired) electrons. The van der Waals surface area contributed by atoms with E-state index in [9.17, 15) is 14.4 Å². The molecule has 1 fully saturated rings. The number of hydrogen-bond donors (Lipinski definition) is 4.